The third kappa shape index (κ3) is 4.02. The zero-order chi connectivity index (χ0) is 23.1. The number of nitrogens with zero attached hydrogens (tertiary/aromatic N) is 4. The highest BCUT2D eigenvalue weighted by atomic mass is 32.2. The zero-order valence-corrected chi connectivity index (χ0v) is 20.2. The number of benzene rings is 1. The fourth-order valence-electron chi connectivity index (χ4n) is 4.69. The van der Waals surface area contributed by atoms with Gasteiger partial charge in [-0.2, -0.15) is 0 Å². The van der Waals surface area contributed by atoms with Crippen molar-refractivity contribution in [2.75, 3.05) is 19.5 Å². The lowest BCUT2D eigenvalue weighted by molar-refractivity contribution is 0.0957. The molecule has 7 nitrogen and oxygen atoms in total. The number of Topliss-reactive ketones (excluding diaryl/α,β-unsaturated/α-hetero) is 1. The predicted octanol–water partition coefficient (Wildman–Crippen LogP) is 4.77. The molecule has 0 bridgehead atoms. The highest BCUT2D eigenvalue weighted by Crippen LogP contribution is 2.29. The molecule has 4 aromatic rings. The van der Waals surface area contributed by atoms with Crippen LogP contribution in [-0.4, -0.2) is 50.5 Å². The minimum Gasteiger partial charge on any atom is -0.497 e. The van der Waals surface area contributed by atoms with Crippen molar-refractivity contribution in [1.29, 1.82) is 0 Å². The van der Waals surface area contributed by atoms with Gasteiger partial charge in [-0.25, -0.2) is 0 Å². The summed E-state index contributed by atoms with van der Waals surface area (Å²) in [5, 5.41) is 10.5. The van der Waals surface area contributed by atoms with Crippen LogP contribution in [0.3, 0.4) is 0 Å². The number of fused-ring (bicyclic) bond motifs is 3. The topological polar surface area (TPSA) is 70.7 Å². The zero-order valence-electron chi connectivity index (χ0n) is 19.4. The van der Waals surface area contributed by atoms with Gasteiger partial charge in [-0.15, -0.1) is 10.2 Å². The van der Waals surface area contributed by atoms with E-state index in [9.17, 15) is 4.79 Å². The summed E-state index contributed by atoms with van der Waals surface area (Å²) in [6.07, 6.45) is 2.43. The number of ether oxygens (including phenoxy) is 2. The predicted molar refractivity (Wildman–Crippen MR) is 130 cm³/mol. The van der Waals surface area contributed by atoms with Crippen LogP contribution in [0, 0.1) is 20.8 Å². The summed E-state index contributed by atoms with van der Waals surface area (Å²) in [6, 6.07) is 10.0. The number of hydrogen-bond donors (Lipinski definition) is 0. The number of thioether (sulfide) groups is 1. The Kier molecular flexibility index (Phi) is 5.88. The van der Waals surface area contributed by atoms with Crippen LogP contribution >= 0.6 is 11.8 Å². The smallest absolute Gasteiger partial charge is 0.196 e. The maximum atomic E-state index is 13.2. The van der Waals surface area contributed by atoms with Gasteiger partial charge in [-0.1, -0.05) is 11.8 Å². The lowest BCUT2D eigenvalue weighted by Crippen LogP contribution is -2.17. The van der Waals surface area contributed by atoms with Crippen LogP contribution in [0.1, 0.15) is 40.2 Å². The summed E-state index contributed by atoms with van der Waals surface area (Å²) < 4.78 is 15.4. The number of carbonyl (C=O) groups excluding carboxylic acids is 1. The number of hydrogen-bond acceptors (Lipinski definition) is 6. The number of methoxy groups -OCH3 is 1. The van der Waals surface area contributed by atoms with E-state index in [2.05, 4.69) is 28.6 Å². The van der Waals surface area contributed by atoms with Crippen molar-refractivity contribution in [3.8, 4) is 5.75 Å². The second-order valence-electron chi connectivity index (χ2n) is 8.63. The van der Waals surface area contributed by atoms with Crippen LogP contribution < -0.4 is 4.74 Å². The van der Waals surface area contributed by atoms with E-state index in [0.717, 1.165) is 70.8 Å². The van der Waals surface area contributed by atoms with Crippen LogP contribution in [0.2, 0.25) is 0 Å². The quantitative estimate of drug-likeness (QED) is 0.290. The third-order valence-corrected chi connectivity index (χ3v) is 7.42. The van der Waals surface area contributed by atoms with E-state index < -0.39 is 0 Å². The second kappa shape index (κ2) is 8.83. The summed E-state index contributed by atoms with van der Waals surface area (Å²) in [5.74, 6) is 1.16. The second-order valence-corrected chi connectivity index (χ2v) is 9.57. The molecule has 1 aliphatic heterocycles. The Bertz CT molecular complexity index is 1350. The fraction of sp³-hybridized carbons (Fsp3) is 0.400. The molecule has 33 heavy (non-hydrogen) atoms. The van der Waals surface area contributed by atoms with Crippen molar-refractivity contribution in [2.45, 2.75) is 51.4 Å². The lowest BCUT2D eigenvalue weighted by atomic mass is 10.1. The Morgan fingerprint density at radius 2 is 2.06 bits per heavy atom. The van der Waals surface area contributed by atoms with Crippen molar-refractivity contribution < 1.29 is 14.3 Å². The van der Waals surface area contributed by atoms with E-state index in [1.807, 2.05) is 41.7 Å². The summed E-state index contributed by atoms with van der Waals surface area (Å²) in [5.41, 5.74) is 5.73. The number of carbonyl (C=O) groups is 1. The van der Waals surface area contributed by atoms with Crippen LogP contribution in [-0.2, 0) is 11.3 Å². The number of pyridine rings is 1. The van der Waals surface area contributed by atoms with E-state index in [4.69, 9.17) is 9.47 Å². The van der Waals surface area contributed by atoms with E-state index in [1.165, 1.54) is 11.8 Å². The summed E-state index contributed by atoms with van der Waals surface area (Å²) >= 11 is 1.42. The van der Waals surface area contributed by atoms with Crippen LogP contribution in [0.25, 0.3) is 16.6 Å². The summed E-state index contributed by atoms with van der Waals surface area (Å²) in [6.45, 7) is 7.78. The molecule has 3 aromatic heterocycles. The Hall–Kier alpha value is -2.84. The van der Waals surface area contributed by atoms with Gasteiger partial charge in [0.2, 0.25) is 0 Å². The first-order valence-corrected chi connectivity index (χ1v) is 12.2. The van der Waals surface area contributed by atoms with Crippen molar-refractivity contribution >= 4 is 34.1 Å². The van der Waals surface area contributed by atoms with Gasteiger partial charge in [-0.3, -0.25) is 9.20 Å². The fourth-order valence-corrected chi connectivity index (χ4v) is 5.52. The molecule has 0 unspecified atom stereocenters. The maximum absolute atomic E-state index is 13.2. The molecule has 0 N–H and O–H groups in total. The molecule has 8 heteroatoms. The highest BCUT2D eigenvalue weighted by Gasteiger charge is 2.22. The SMILES string of the molecule is COc1ccc2c(C)cc3nnc(SCC(=O)c4cc(C)n(C[C@@H]5CCCO5)c4C)n3c2c1. The minimum atomic E-state index is 0.0949. The van der Waals surface area contributed by atoms with E-state index >= 15 is 0 Å². The largest absolute Gasteiger partial charge is 0.497 e. The van der Waals surface area contributed by atoms with E-state index in [-0.39, 0.29) is 11.9 Å². The van der Waals surface area contributed by atoms with Gasteiger partial charge < -0.3 is 14.0 Å². The molecule has 1 aliphatic rings. The van der Waals surface area contributed by atoms with Gasteiger partial charge in [0.05, 0.1) is 24.5 Å². The summed E-state index contributed by atoms with van der Waals surface area (Å²) in [4.78, 5) is 13.2. The third-order valence-electron chi connectivity index (χ3n) is 6.49. The maximum Gasteiger partial charge on any atom is 0.196 e. The monoisotopic (exact) mass is 464 g/mol. The van der Waals surface area contributed by atoms with E-state index in [1.54, 1.807) is 7.11 Å². The average Bonchev–Trinajstić information content (AvgIpc) is 3.54. The highest BCUT2D eigenvalue weighted by molar-refractivity contribution is 7.99. The van der Waals surface area contributed by atoms with Crippen LogP contribution in [0.5, 0.6) is 5.75 Å². The molecule has 1 fully saturated rings. The molecule has 0 spiro atoms. The molecule has 5 rings (SSSR count). The average molecular weight is 465 g/mol. The molecule has 1 atom stereocenters. The molecule has 0 aliphatic carbocycles. The van der Waals surface area contributed by atoms with Crippen molar-refractivity contribution in [3.63, 3.8) is 0 Å². The molecular formula is C25H28N4O3S. The van der Waals surface area contributed by atoms with Crippen molar-refractivity contribution in [3.05, 3.63) is 52.8 Å². The Labute approximate surface area is 197 Å². The summed E-state index contributed by atoms with van der Waals surface area (Å²) in [7, 11) is 1.66. The van der Waals surface area contributed by atoms with Gasteiger partial charge in [0, 0.05) is 41.6 Å². The molecule has 1 aromatic carbocycles. The number of aryl methyl sites for hydroxylation is 2. The molecule has 0 amide bonds. The van der Waals surface area contributed by atoms with Gasteiger partial charge in [0.25, 0.3) is 0 Å². The van der Waals surface area contributed by atoms with Gasteiger partial charge in [-0.05, 0) is 63.4 Å². The first-order valence-electron chi connectivity index (χ1n) is 11.2. The first kappa shape index (κ1) is 22.0. The number of aromatic nitrogens is 4. The molecule has 4 heterocycles. The molecule has 0 saturated carbocycles. The minimum absolute atomic E-state index is 0.0949. The van der Waals surface area contributed by atoms with Crippen molar-refractivity contribution in [1.82, 2.24) is 19.2 Å². The number of rotatable bonds is 7. The van der Waals surface area contributed by atoms with Crippen LogP contribution in [0.15, 0.2) is 35.5 Å². The number of ketones is 1. The van der Waals surface area contributed by atoms with Gasteiger partial charge in [0.15, 0.2) is 16.6 Å². The lowest BCUT2D eigenvalue weighted by Gasteiger charge is -2.14. The molecule has 172 valence electrons. The molecular weight excluding hydrogens is 436 g/mol. The Morgan fingerprint density at radius 1 is 1.21 bits per heavy atom. The van der Waals surface area contributed by atoms with Gasteiger partial charge >= 0.3 is 0 Å². The first-order chi connectivity index (χ1) is 16.0. The Morgan fingerprint density at radius 3 is 2.82 bits per heavy atom. The molecule has 0 radical (unpaired) electrons. The van der Waals surface area contributed by atoms with Crippen molar-refractivity contribution in [2.24, 2.45) is 0 Å². The Balaban J connectivity index is 1.41. The normalized spacial score (nSPS) is 16.2. The molecule has 1 saturated heterocycles. The standard InChI is InChI=1S/C25H28N4O3S/c1-15-10-24-26-27-25(29(24)22-12-18(31-4)7-8-20(15)22)33-14-23(30)21-11-16(2)28(17(21)3)13-19-6-5-9-32-19/h7-8,10-12,19H,5-6,9,13-14H2,1-4H3/t19-/m0/s1. The van der Waals surface area contributed by atoms with Crippen LogP contribution in [0.4, 0.5) is 0 Å². The van der Waals surface area contributed by atoms with Gasteiger partial charge in [0.1, 0.15) is 5.75 Å². The van der Waals surface area contributed by atoms with E-state index in [0.29, 0.717) is 10.9 Å².